The third kappa shape index (κ3) is 2.35. The number of hydrogen-bond acceptors (Lipinski definition) is 3. The van der Waals surface area contributed by atoms with Crippen LogP contribution >= 0.6 is 0 Å². The van der Waals surface area contributed by atoms with Crippen LogP contribution in [0.25, 0.3) is 0 Å². The zero-order valence-electron chi connectivity index (χ0n) is 8.50. The van der Waals surface area contributed by atoms with Crippen LogP contribution in [0.3, 0.4) is 0 Å². The number of hydrogen-bond donors (Lipinski definition) is 1. The lowest BCUT2D eigenvalue weighted by molar-refractivity contribution is -0.0119. The van der Waals surface area contributed by atoms with E-state index in [1.165, 1.54) is 5.56 Å². The van der Waals surface area contributed by atoms with E-state index in [1.54, 1.807) is 0 Å². The molecule has 2 rings (SSSR count). The van der Waals surface area contributed by atoms with Crippen LogP contribution in [0.2, 0.25) is 0 Å². The molecule has 78 valence electrons. The molecule has 1 heterocycles. The van der Waals surface area contributed by atoms with Gasteiger partial charge >= 0.3 is 0 Å². The number of β-amino-alcohol motifs (C(OH)–C–C–N with tert-alkyl or cyclic N) is 1. The number of rotatable bonds is 3. The Labute approximate surface area is 89.6 Å². The molecule has 1 atom stereocenters. The zero-order chi connectivity index (χ0) is 10.7. The van der Waals surface area contributed by atoms with Gasteiger partial charge in [0.15, 0.2) is 0 Å². The molecule has 1 aliphatic rings. The van der Waals surface area contributed by atoms with Gasteiger partial charge in [0.25, 0.3) is 0 Å². The van der Waals surface area contributed by atoms with Gasteiger partial charge in [-0.1, -0.05) is 30.3 Å². The Morgan fingerprint density at radius 3 is 2.60 bits per heavy atom. The third-order valence-electron chi connectivity index (χ3n) is 2.75. The molecule has 0 unspecified atom stereocenters. The SMILES string of the molecule is N#C[C@@H](Cc1ccccc1)N1CC(O)C1. The molecule has 0 amide bonds. The second-order valence-corrected chi connectivity index (χ2v) is 3.94. The molecule has 0 spiro atoms. The zero-order valence-corrected chi connectivity index (χ0v) is 8.50. The molecule has 1 saturated heterocycles. The van der Waals surface area contributed by atoms with E-state index < -0.39 is 0 Å². The Morgan fingerprint density at radius 1 is 1.40 bits per heavy atom. The summed E-state index contributed by atoms with van der Waals surface area (Å²) in [5.41, 5.74) is 1.17. The van der Waals surface area contributed by atoms with E-state index in [0.717, 1.165) is 6.42 Å². The van der Waals surface area contributed by atoms with Crippen molar-refractivity contribution < 1.29 is 5.11 Å². The van der Waals surface area contributed by atoms with Gasteiger partial charge in [0.1, 0.15) is 6.04 Å². The summed E-state index contributed by atoms with van der Waals surface area (Å²) in [6.07, 6.45) is 0.501. The van der Waals surface area contributed by atoms with Crippen molar-refractivity contribution in [1.29, 1.82) is 5.26 Å². The van der Waals surface area contributed by atoms with E-state index in [2.05, 4.69) is 6.07 Å². The number of likely N-dealkylation sites (tertiary alicyclic amines) is 1. The highest BCUT2D eigenvalue weighted by atomic mass is 16.3. The van der Waals surface area contributed by atoms with Gasteiger partial charge in [0.2, 0.25) is 0 Å². The molecule has 1 aromatic rings. The van der Waals surface area contributed by atoms with Crippen LogP contribution in [0.1, 0.15) is 5.56 Å². The molecule has 15 heavy (non-hydrogen) atoms. The van der Waals surface area contributed by atoms with Crippen LogP contribution in [0.4, 0.5) is 0 Å². The normalized spacial score (nSPS) is 19.2. The smallest absolute Gasteiger partial charge is 0.102 e. The quantitative estimate of drug-likeness (QED) is 0.788. The van der Waals surface area contributed by atoms with E-state index in [0.29, 0.717) is 13.1 Å². The second-order valence-electron chi connectivity index (χ2n) is 3.94. The monoisotopic (exact) mass is 202 g/mol. The van der Waals surface area contributed by atoms with Gasteiger partial charge in [0, 0.05) is 19.5 Å². The lowest BCUT2D eigenvalue weighted by Crippen LogP contribution is -2.55. The van der Waals surface area contributed by atoms with Crippen molar-refractivity contribution in [2.75, 3.05) is 13.1 Å². The predicted molar refractivity (Wildman–Crippen MR) is 57.1 cm³/mol. The molecule has 3 heteroatoms. The van der Waals surface area contributed by atoms with Crippen LogP contribution in [0, 0.1) is 11.3 Å². The number of aliphatic hydroxyl groups is 1. The number of benzene rings is 1. The van der Waals surface area contributed by atoms with Gasteiger partial charge in [-0.3, -0.25) is 4.90 Å². The van der Waals surface area contributed by atoms with E-state index in [4.69, 9.17) is 5.26 Å². The summed E-state index contributed by atoms with van der Waals surface area (Å²) >= 11 is 0. The average molecular weight is 202 g/mol. The fourth-order valence-corrected chi connectivity index (χ4v) is 1.84. The molecule has 0 saturated carbocycles. The second kappa shape index (κ2) is 4.43. The maximum atomic E-state index is 9.18. The Bertz CT molecular complexity index is 352. The van der Waals surface area contributed by atoms with Crippen molar-refractivity contribution in [1.82, 2.24) is 4.90 Å². The van der Waals surface area contributed by atoms with Crippen LogP contribution < -0.4 is 0 Å². The van der Waals surface area contributed by atoms with Gasteiger partial charge in [-0.2, -0.15) is 5.26 Å². The highest BCUT2D eigenvalue weighted by Crippen LogP contribution is 2.15. The fraction of sp³-hybridized carbons (Fsp3) is 0.417. The summed E-state index contributed by atoms with van der Waals surface area (Å²) in [7, 11) is 0. The van der Waals surface area contributed by atoms with E-state index in [1.807, 2.05) is 35.2 Å². The largest absolute Gasteiger partial charge is 0.390 e. The maximum Gasteiger partial charge on any atom is 0.102 e. The first-order chi connectivity index (χ1) is 7.29. The maximum absolute atomic E-state index is 9.18. The molecule has 1 N–H and O–H groups in total. The van der Waals surface area contributed by atoms with Gasteiger partial charge in [-0.25, -0.2) is 0 Å². The van der Waals surface area contributed by atoms with Gasteiger partial charge in [-0.05, 0) is 5.56 Å². The van der Waals surface area contributed by atoms with Crippen molar-refractivity contribution in [3.63, 3.8) is 0 Å². The van der Waals surface area contributed by atoms with Crippen LogP contribution in [0.15, 0.2) is 30.3 Å². The summed E-state index contributed by atoms with van der Waals surface area (Å²) in [5.74, 6) is 0. The van der Waals surface area contributed by atoms with Crippen molar-refractivity contribution in [2.24, 2.45) is 0 Å². The molecule has 3 nitrogen and oxygen atoms in total. The van der Waals surface area contributed by atoms with Gasteiger partial charge < -0.3 is 5.11 Å². The fourth-order valence-electron chi connectivity index (χ4n) is 1.84. The number of nitriles is 1. The molecule has 0 aromatic heterocycles. The third-order valence-corrected chi connectivity index (χ3v) is 2.75. The van der Waals surface area contributed by atoms with E-state index >= 15 is 0 Å². The first-order valence-corrected chi connectivity index (χ1v) is 5.15. The molecular weight excluding hydrogens is 188 g/mol. The van der Waals surface area contributed by atoms with Crippen molar-refractivity contribution in [3.05, 3.63) is 35.9 Å². The van der Waals surface area contributed by atoms with E-state index in [9.17, 15) is 5.11 Å². The summed E-state index contributed by atoms with van der Waals surface area (Å²) < 4.78 is 0. The summed E-state index contributed by atoms with van der Waals surface area (Å²) in [6, 6.07) is 12.2. The molecule has 1 aliphatic heterocycles. The summed E-state index contributed by atoms with van der Waals surface area (Å²) in [5, 5.41) is 18.2. The number of nitrogens with zero attached hydrogens (tertiary/aromatic N) is 2. The van der Waals surface area contributed by atoms with Crippen molar-refractivity contribution >= 4 is 0 Å². The Hall–Kier alpha value is -1.37. The Kier molecular flexibility index (Phi) is 3.00. The summed E-state index contributed by atoms with van der Waals surface area (Å²) in [6.45, 7) is 1.26. The first kappa shape index (κ1) is 10.2. The molecular formula is C12H14N2O. The summed E-state index contributed by atoms with van der Waals surface area (Å²) in [4.78, 5) is 2.01. The predicted octanol–water partition coefficient (Wildman–Crippen LogP) is 0.798. The minimum atomic E-state index is -0.239. The van der Waals surface area contributed by atoms with Crippen LogP contribution in [0.5, 0.6) is 0 Å². The minimum absolute atomic E-state index is 0.101. The highest BCUT2D eigenvalue weighted by Gasteiger charge is 2.30. The minimum Gasteiger partial charge on any atom is -0.390 e. The van der Waals surface area contributed by atoms with Gasteiger partial charge in [0.05, 0.1) is 12.2 Å². The molecule has 0 aliphatic carbocycles. The molecule has 1 aromatic carbocycles. The Balaban J connectivity index is 1.95. The van der Waals surface area contributed by atoms with Gasteiger partial charge in [-0.15, -0.1) is 0 Å². The molecule has 0 bridgehead atoms. The van der Waals surface area contributed by atoms with Crippen LogP contribution in [-0.4, -0.2) is 35.2 Å². The lowest BCUT2D eigenvalue weighted by Gasteiger charge is -2.38. The van der Waals surface area contributed by atoms with E-state index in [-0.39, 0.29) is 12.1 Å². The molecule has 1 fully saturated rings. The standard InChI is InChI=1S/C12H14N2O/c13-7-11(14-8-12(15)9-14)6-10-4-2-1-3-5-10/h1-5,11-12,15H,6,8-9H2/t11-/m1/s1. The van der Waals surface area contributed by atoms with Crippen molar-refractivity contribution in [2.45, 2.75) is 18.6 Å². The lowest BCUT2D eigenvalue weighted by atomic mass is 10.0. The highest BCUT2D eigenvalue weighted by molar-refractivity contribution is 5.18. The first-order valence-electron chi connectivity index (χ1n) is 5.15. The molecule has 0 radical (unpaired) electrons. The van der Waals surface area contributed by atoms with Crippen LogP contribution in [-0.2, 0) is 6.42 Å². The topological polar surface area (TPSA) is 47.3 Å². The Morgan fingerprint density at radius 2 is 2.07 bits per heavy atom. The van der Waals surface area contributed by atoms with Crippen molar-refractivity contribution in [3.8, 4) is 6.07 Å². The number of aliphatic hydroxyl groups excluding tert-OH is 1. The average Bonchev–Trinajstić information content (AvgIpc) is 2.23.